The van der Waals surface area contributed by atoms with E-state index < -0.39 is 11.7 Å². The Morgan fingerprint density at radius 3 is 1.34 bits per heavy atom. The van der Waals surface area contributed by atoms with Crippen LogP contribution in [0.2, 0.25) is 0 Å². The van der Waals surface area contributed by atoms with Crippen LogP contribution in [0.4, 0.5) is 13.2 Å². The van der Waals surface area contributed by atoms with E-state index in [1.165, 1.54) is 12.1 Å². The third-order valence-electron chi connectivity index (χ3n) is 11.5. The monoisotopic (exact) mass is 804 g/mol. The van der Waals surface area contributed by atoms with Gasteiger partial charge >= 0.3 is 6.18 Å². The van der Waals surface area contributed by atoms with Crippen molar-refractivity contribution in [2.75, 3.05) is 0 Å². The van der Waals surface area contributed by atoms with E-state index in [-0.39, 0.29) is 27.9 Å². The minimum Gasteiger partial charge on any atom is -0.309 e. The summed E-state index contributed by atoms with van der Waals surface area (Å²) in [5.74, 6) is 0. The van der Waals surface area contributed by atoms with Crippen molar-refractivity contribution in [3.63, 3.8) is 0 Å². The first-order valence-corrected chi connectivity index (χ1v) is 19.5. The highest BCUT2D eigenvalue weighted by Gasteiger charge is 2.36. The molecule has 10 rings (SSSR count). The van der Waals surface area contributed by atoms with Crippen molar-refractivity contribution in [1.29, 1.82) is 21.0 Å². The fourth-order valence-electron chi connectivity index (χ4n) is 8.70. The number of hydrogen-bond acceptors (Lipinski definition) is 4. The Bertz CT molecular complexity index is 3660. The van der Waals surface area contributed by atoms with Gasteiger partial charge in [0, 0.05) is 32.7 Å². The molecule has 0 aliphatic rings. The van der Waals surface area contributed by atoms with Crippen molar-refractivity contribution >= 4 is 43.6 Å². The number of aromatic nitrogens is 2. The van der Waals surface area contributed by atoms with Crippen LogP contribution in [-0.2, 0) is 6.18 Å². The molecule has 8 aromatic carbocycles. The van der Waals surface area contributed by atoms with Crippen LogP contribution in [0.15, 0.2) is 164 Å². The van der Waals surface area contributed by atoms with Gasteiger partial charge in [-0.05, 0) is 95.1 Å². The number of alkyl halides is 3. The Labute approximate surface area is 352 Å². The molecular formula is C53H27F3N6. The number of hydrogen-bond donors (Lipinski definition) is 0. The lowest BCUT2D eigenvalue weighted by molar-refractivity contribution is -0.137. The Kier molecular flexibility index (Phi) is 8.70. The molecule has 0 unspecified atom stereocenters. The molecule has 10 aromatic rings. The van der Waals surface area contributed by atoms with Crippen LogP contribution in [0, 0.1) is 45.3 Å². The molecule has 0 N–H and O–H groups in total. The summed E-state index contributed by atoms with van der Waals surface area (Å²) >= 11 is 0. The van der Waals surface area contributed by atoms with Crippen molar-refractivity contribution in [2.45, 2.75) is 6.18 Å². The van der Waals surface area contributed by atoms with Crippen LogP contribution in [-0.4, -0.2) is 9.13 Å². The van der Waals surface area contributed by atoms with Gasteiger partial charge in [0.05, 0.1) is 79.5 Å². The lowest BCUT2D eigenvalue weighted by Gasteiger charge is -2.22. The fraction of sp³-hybridized carbons (Fsp3) is 0.0189. The van der Waals surface area contributed by atoms with E-state index in [1.54, 1.807) is 36.4 Å². The fourth-order valence-corrected chi connectivity index (χ4v) is 8.70. The number of nitriles is 4. The highest BCUT2D eigenvalue weighted by atomic mass is 19.4. The summed E-state index contributed by atoms with van der Waals surface area (Å²) in [6, 6.07) is 57.0. The summed E-state index contributed by atoms with van der Waals surface area (Å²) < 4.78 is 49.7. The molecule has 290 valence electrons. The Morgan fingerprint density at radius 2 is 0.855 bits per heavy atom. The minimum absolute atomic E-state index is 0.101. The SMILES string of the molecule is N#Cc1ccc(-c2ccc3c4ccccc4n(-c4cc(-c5c(C#N)cccc5C(F)(F)F)c(-n5c6ccccc6c6ccc(-c7ccc(C#N)cc7)cc65)cc4C#N)c3c2)cc1. The van der Waals surface area contributed by atoms with Crippen LogP contribution < -0.4 is 0 Å². The maximum atomic E-state index is 15.3. The third-order valence-corrected chi connectivity index (χ3v) is 11.5. The van der Waals surface area contributed by atoms with Gasteiger partial charge < -0.3 is 9.13 Å². The molecule has 9 heteroatoms. The van der Waals surface area contributed by atoms with E-state index in [2.05, 4.69) is 18.2 Å². The van der Waals surface area contributed by atoms with Crippen molar-refractivity contribution in [3.05, 3.63) is 192 Å². The first-order valence-electron chi connectivity index (χ1n) is 19.5. The Balaban J connectivity index is 1.34. The molecule has 0 fully saturated rings. The van der Waals surface area contributed by atoms with Gasteiger partial charge in [-0.1, -0.05) is 91.0 Å². The summed E-state index contributed by atoms with van der Waals surface area (Å²) in [5.41, 5.74) is 6.54. The lowest BCUT2D eigenvalue weighted by atomic mass is 9.91. The van der Waals surface area contributed by atoms with E-state index in [1.807, 2.05) is 124 Å². The van der Waals surface area contributed by atoms with Gasteiger partial charge in [0.25, 0.3) is 0 Å². The second-order valence-electron chi connectivity index (χ2n) is 14.9. The van der Waals surface area contributed by atoms with Gasteiger partial charge in [0.15, 0.2) is 0 Å². The van der Waals surface area contributed by atoms with Crippen LogP contribution in [0.1, 0.15) is 27.8 Å². The number of para-hydroxylation sites is 2. The largest absolute Gasteiger partial charge is 0.417 e. The number of halogens is 3. The highest BCUT2D eigenvalue weighted by Crippen LogP contribution is 2.46. The molecular weight excluding hydrogens is 778 g/mol. The standard InChI is InChI=1S/C53H27F3N6/c54-53(55,56)45-9-5-6-38(30-59)52(45)44-27-48(61-46-10-3-1-7-40(46)42-22-20-36(24-49(42)61)34-16-12-32(28-57)13-17-34)39(31-60)26-51(44)62-47-11-4-2-8-41(47)43-23-21-37(25-50(43)62)35-18-14-33(29-58)15-19-35/h1-27H. The van der Waals surface area contributed by atoms with E-state index in [0.29, 0.717) is 33.4 Å². The summed E-state index contributed by atoms with van der Waals surface area (Å²) in [5, 5.41) is 43.9. The first-order chi connectivity index (χ1) is 30.2. The number of rotatable bonds is 5. The van der Waals surface area contributed by atoms with E-state index in [0.717, 1.165) is 55.4 Å². The lowest BCUT2D eigenvalue weighted by Crippen LogP contribution is -2.11. The van der Waals surface area contributed by atoms with Crippen molar-refractivity contribution in [3.8, 4) is 69.0 Å². The molecule has 2 aromatic heterocycles. The van der Waals surface area contributed by atoms with Crippen LogP contribution in [0.5, 0.6) is 0 Å². The van der Waals surface area contributed by atoms with E-state index in [4.69, 9.17) is 0 Å². The molecule has 0 saturated carbocycles. The molecule has 0 radical (unpaired) electrons. The van der Waals surface area contributed by atoms with E-state index in [9.17, 15) is 21.0 Å². The summed E-state index contributed by atoms with van der Waals surface area (Å²) in [6.07, 6.45) is -4.85. The zero-order valence-electron chi connectivity index (χ0n) is 32.4. The van der Waals surface area contributed by atoms with Crippen molar-refractivity contribution in [2.24, 2.45) is 0 Å². The third kappa shape index (κ3) is 5.93. The summed E-state index contributed by atoms with van der Waals surface area (Å²) in [4.78, 5) is 0. The minimum atomic E-state index is -4.85. The average molecular weight is 805 g/mol. The van der Waals surface area contributed by atoms with E-state index >= 15 is 13.2 Å². The molecule has 0 spiro atoms. The Hall–Kier alpha value is -8.89. The quantitative estimate of drug-likeness (QED) is 0.173. The van der Waals surface area contributed by atoms with Crippen LogP contribution in [0.25, 0.3) is 88.4 Å². The number of fused-ring (bicyclic) bond motifs is 6. The number of benzene rings is 8. The molecule has 0 amide bonds. The molecule has 0 bridgehead atoms. The molecule has 6 nitrogen and oxygen atoms in total. The topological polar surface area (TPSA) is 105 Å². The first kappa shape index (κ1) is 37.4. The second-order valence-corrected chi connectivity index (χ2v) is 14.9. The molecule has 2 heterocycles. The summed E-state index contributed by atoms with van der Waals surface area (Å²) in [6.45, 7) is 0. The molecule has 0 aliphatic heterocycles. The molecule has 0 saturated heterocycles. The van der Waals surface area contributed by atoms with Gasteiger partial charge in [-0.15, -0.1) is 0 Å². The maximum Gasteiger partial charge on any atom is 0.417 e. The van der Waals surface area contributed by atoms with Gasteiger partial charge in [-0.25, -0.2) is 0 Å². The maximum absolute atomic E-state index is 15.3. The normalized spacial score (nSPS) is 11.4. The van der Waals surface area contributed by atoms with Gasteiger partial charge in [-0.3, -0.25) is 0 Å². The van der Waals surface area contributed by atoms with Gasteiger partial charge in [0.1, 0.15) is 6.07 Å². The highest BCUT2D eigenvalue weighted by molar-refractivity contribution is 6.12. The predicted molar refractivity (Wildman–Crippen MR) is 235 cm³/mol. The van der Waals surface area contributed by atoms with Gasteiger partial charge in [-0.2, -0.15) is 34.2 Å². The molecule has 0 atom stereocenters. The smallest absolute Gasteiger partial charge is 0.309 e. The second kappa shape index (κ2) is 14.4. The van der Waals surface area contributed by atoms with Crippen molar-refractivity contribution < 1.29 is 13.2 Å². The van der Waals surface area contributed by atoms with Crippen LogP contribution >= 0.6 is 0 Å². The predicted octanol–water partition coefficient (Wildman–Crippen LogP) is 13.4. The summed E-state index contributed by atoms with van der Waals surface area (Å²) in [7, 11) is 0. The average Bonchev–Trinajstić information content (AvgIpc) is 3.82. The zero-order chi connectivity index (χ0) is 42.7. The number of nitrogens with zero attached hydrogens (tertiary/aromatic N) is 6. The van der Waals surface area contributed by atoms with Crippen molar-refractivity contribution in [1.82, 2.24) is 9.13 Å². The van der Waals surface area contributed by atoms with Crippen LogP contribution in [0.3, 0.4) is 0 Å². The van der Waals surface area contributed by atoms with Gasteiger partial charge in [0.2, 0.25) is 0 Å². The Morgan fingerprint density at radius 1 is 0.387 bits per heavy atom. The molecule has 62 heavy (non-hydrogen) atoms. The zero-order valence-corrected chi connectivity index (χ0v) is 32.4. The molecule has 0 aliphatic carbocycles.